The zero-order valence-corrected chi connectivity index (χ0v) is 8.71. The summed E-state index contributed by atoms with van der Waals surface area (Å²) >= 11 is 0. The van der Waals surface area contributed by atoms with Crippen LogP contribution in [-0.2, 0) is 6.61 Å². The molecular weight excluding hydrogens is 194 g/mol. The van der Waals surface area contributed by atoms with Crippen LogP contribution in [0.15, 0.2) is 22.9 Å². The van der Waals surface area contributed by atoms with Gasteiger partial charge >= 0.3 is 6.01 Å². The van der Waals surface area contributed by atoms with Crippen LogP contribution in [0.1, 0.15) is 31.2 Å². The topological polar surface area (TPSA) is 64.1 Å². The minimum Gasteiger partial charge on any atom is -0.430 e. The van der Waals surface area contributed by atoms with Crippen molar-refractivity contribution in [3.63, 3.8) is 0 Å². The van der Waals surface area contributed by atoms with Crippen LogP contribution in [0.2, 0.25) is 0 Å². The van der Waals surface area contributed by atoms with E-state index in [1.54, 1.807) is 10.9 Å². The first-order valence-corrected chi connectivity index (χ1v) is 4.82. The summed E-state index contributed by atoms with van der Waals surface area (Å²) in [6, 6.07) is 2.30. The molecule has 0 amide bonds. The quantitative estimate of drug-likeness (QED) is 0.827. The first-order valence-electron chi connectivity index (χ1n) is 4.82. The van der Waals surface area contributed by atoms with E-state index in [1.165, 1.54) is 6.26 Å². The molecule has 0 radical (unpaired) electrons. The molecule has 2 aromatic rings. The summed E-state index contributed by atoms with van der Waals surface area (Å²) < 4.78 is 6.73. The molecule has 2 rings (SSSR count). The van der Waals surface area contributed by atoms with E-state index in [-0.39, 0.29) is 6.61 Å². The van der Waals surface area contributed by atoms with Crippen molar-refractivity contribution in [2.24, 2.45) is 0 Å². The molecule has 0 atom stereocenters. The number of oxazole rings is 1. The number of hydrogen-bond acceptors (Lipinski definition) is 4. The zero-order chi connectivity index (χ0) is 10.8. The van der Waals surface area contributed by atoms with Gasteiger partial charge in [0, 0.05) is 6.20 Å². The molecule has 0 fully saturated rings. The van der Waals surface area contributed by atoms with E-state index < -0.39 is 0 Å². The molecule has 80 valence electrons. The van der Waals surface area contributed by atoms with E-state index in [2.05, 4.69) is 23.9 Å². The summed E-state index contributed by atoms with van der Waals surface area (Å²) in [5.41, 5.74) is 1.49. The van der Waals surface area contributed by atoms with Gasteiger partial charge in [0.15, 0.2) is 0 Å². The molecule has 0 unspecified atom stereocenters. The molecule has 1 N–H and O–H groups in total. The summed E-state index contributed by atoms with van der Waals surface area (Å²) in [4.78, 5) is 4.06. The second kappa shape index (κ2) is 3.86. The molecule has 15 heavy (non-hydrogen) atoms. The van der Waals surface area contributed by atoms with Crippen molar-refractivity contribution in [1.29, 1.82) is 0 Å². The Morgan fingerprint density at radius 3 is 2.87 bits per heavy atom. The van der Waals surface area contributed by atoms with Crippen molar-refractivity contribution in [1.82, 2.24) is 14.8 Å². The Morgan fingerprint density at radius 1 is 1.53 bits per heavy atom. The normalized spacial score (nSPS) is 11.2. The number of aromatic nitrogens is 3. The lowest BCUT2D eigenvalue weighted by molar-refractivity contribution is 0.276. The fraction of sp³-hybridized carbons (Fsp3) is 0.400. The predicted octanol–water partition coefficient (Wildman–Crippen LogP) is 1.48. The molecule has 2 heterocycles. The van der Waals surface area contributed by atoms with Crippen molar-refractivity contribution in [2.75, 3.05) is 0 Å². The Hall–Kier alpha value is -1.62. The first kappa shape index (κ1) is 9.92. The fourth-order valence-corrected chi connectivity index (χ4v) is 1.23. The minimum absolute atomic E-state index is 0.123. The van der Waals surface area contributed by atoms with Crippen LogP contribution in [0.25, 0.3) is 6.01 Å². The molecule has 0 spiro atoms. The summed E-state index contributed by atoms with van der Waals surface area (Å²) in [6.07, 6.45) is 3.22. The molecule has 2 aromatic heterocycles. The van der Waals surface area contributed by atoms with Crippen LogP contribution in [0.4, 0.5) is 0 Å². The van der Waals surface area contributed by atoms with Crippen molar-refractivity contribution in [2.45, 2.75) is 26.4 Å². The van der Waals surface area contributed by atoms with Gasteiger partial charge in [0.25, 0.3) is 0 Å². The Labute approximate surface area is 87.4 Å². The standard InChI is InChI=1S/C10H13N3O2/c1-7(2)9-3-4-13(12-9)10-11-8(5-14)6-15-10/h3-4,6-7,14H,5H2,1-2H3. The van der Waals surface area contributed by atoms with Crippen LogP contribution < -0.4 is 0 Å². The highest BCUT2D eigenvalue weighted by Gasteiger charge is 2.08. The monoisotopic (exact) mass is 207 g/mol. The van der Waals surface area contributed by atoms with Crippen LogP contribution >= 0.6 is 0 Å². The maximum atomic E-state index is 8.84. The highest BCUT2D eigenvalue weighted by atomic mass is 16.4. The number of rotatable bonds is 3. The van der Waals surface area contributed by atoms with Gasteiger partial charge in [0.1, 0.15) is 12.0 Å². The maximum absolute atomic E-state index is 8.84. The third-order valence-electron chi connectivity index (χ3n) is 2.10. The molecule has 5 heteroatoms. The molecule has 0 aliphatic heterocycles. The van der Waals surface area contributed by atoms with E-state index in [1.807, 2.05) is 6.07 Å². The lowest BCUT2D eigenvalue weighted by atomic mass is 10.1. The third-order valence-corrected chi connectivity index (χ3v) is 2.10. The van der Waals surface area contributed by atoms with Gasteiger partial charge in [0.2, 0.25) is 0 Å². The Kier molecular flexibility index (Phi) is 2.55. The highest BCUT2D eigenvalue weighted by molar-refractivity contribution is 5.13. The SMILES string of the molecule is CC(C)c1ccn(-c2nc(CO)co2)n1. The van der Waals surface area contributed by atoms with Crippen molar-refractivity contribution in [3.05, 3.63) is 29.9 Å². The second-order valence-electron chi connectivity index (χ2n) is 3.62. The third kappa shape index (κ3) is 1.92. The second-order valence-corrected chi connectivity index (χ2v) is 3.62. The van der Waals surface area contributed by atoms with E-state index in [9.17, 15) is 0 Å². The first-order chi connectivity index (χ1) is 7.20. The lowest BCUT2D eigenvalue weighted by Crippen LogP contribution is -1.97. The zero-order valence-electron chi connectivity index (χ0n) is 8.71. The van der Waals surface area contributed by atoms with Crippen LogP contribution in [0.3, 0.4) is 0 Å². The summed E-state index contributed by atoms with van der Waals surface area (Å²) in [5.74, 6) is 0.374. The molecule has 0 saturated heterocycles. The molecule has 0 aromatic carbocycles. The Morgan fingerprint density at radius 2 is 2.33 bits per heavy atom. The fourth-order valence-electron chi connectivity index (χ4n) is 1.23. The average molecular weight is 207 g/mol. The van der Waals surface area contributed by atoms with Gasteiger partial charge in [-0.3, -0.25) is 0 Å². The van der Waals surface area contributed by atoms with Crippen molar-refractivity contribution >= 4 is 0 Å². The number of aliphatic hydroxyl groups excluding tert-OH is 1. The Balaban J connectivity index is 2.28. The largest absolute Gasteiger partial charge is 0.430 e. The molecule has 0 aliphatic carbocycles. The van der Waals surface area contributed by atoms with E-state index in [4.69, 9.17) is 9.52 Å². The van der Waals surface area contributed by atoms with Gasteiger partial charge in [-0.1, -0.05) is 13.8 Å². The van der Waals surface area contributed by atoms with Gasteiger partial charge < -0.3 is 9.52 Å². The molecule has 0 saturated carbocycles. The van der Waals surface area contributed by atoms with Gasteiger partial charge in [-0.15, -0.1) is 0 Å². The van der Waals surface area contributed by atoms with Crippen LogP contribution in [-0.4, -0.2) is 19.9 Å². The van der Waals surface area contributed by atoms with Gasteiger partial charge in [-0.05, 0) is 12.0 Å². The summed E-state index contributed by atoms with van der Waals surface area (Å²) in [6.45, 7) is 4.02. The van der Waals surface area contributed by atoms with Gasteiger partial charge in [-0.25, -0.2) is 0 Å². The average Bonchev–Trinajstić information content (AvgIpc) is 2.86. The smallest absolute Gasteiger partial charge is 0.322 e. The highest BCUT2D eigenvalue weighted by Crippen LogP contribution is 2.13. The Bertz CT molecular complexity index is 445. The maximum Gasteiger partial charge on any atom is 0.322 e. The molecule has 0 bridgehead atoms. The predicted molar refractivity (Wildman–Crippen MR) is 53.6 cm³/mol. The number of hydrogen-bond donors (Lipinski definition) is 1. The molecule has 5 nitrogen and oxygen atoms in total. The van der Waals surface area contributed by atoms with E-state index in [0.717, 1.165) is 5.69 Å². The molecule has 0 aliphatic rings. The lowest BCUT2D eigenvalue weighted by Gasteiger charge is -1.97. The summed E-state index contributed by atoms with van der Waals surface area (Å²) in [7, 11) is 0. The number of nitrogens with zero attached hydrogens (tertiary/aromatic N) is 3. The van der Waals surface area contributed by atoms with Crippen molar-refractivity contribution in [3.8, 4) is 6.01 Å². The molecular formula is C10H13N3O2. The van der Waals surface area contributed by atoms with Crippen molar-refractivity contribution < 1.29 is 9.52 Å². The van der Waals surface area contributed by atoms with Gasteiger partial charge in [-0.2, -0.15) is 14.8 Å². The van der Waals surface area contributed by atoms with E-state index in [0.29, 0.717) is 17.6 Å². The minimum atomic E-state index is -0.123. The number of aliphatic hydroxyl groups is 1. The van der Waals surface area contributed by atoms with Gasteiger partial charge in [0.05, 0.1) is 12.3 Å². The van der Waals surface area contributed by atoms with E-state index >= 15 is 0 Å². The van der Waals surface area contributed by atoms with Crippen LogP contribution in [0, 0.1) is 0 Å². The summed E-state index contributed by atoms with van der Waals surface area (Å²) in [5, 5.41) is 13.1. The van der Waals surface area contributed by atoms with Crippen LogP contribution in [0.5, 0.6) is 0 Å².